The maximum Gasteiger partial charge on any atom is 0.513 e. The number of amides is 2. The number of carbonyl (C=O) groups excluding carboxylic acids is 3. The summed E-state index contributed by atoms with van der Waals surface area (Å²) in [5.74, 6) is 0.950. The summed E-state index contributed by atoms with van der Waals surface area (Å²) in [4.78, 5) is 36.8. The lowest BCUT2D eigenvalue weighted by Gasteiger charge is -2.13. The second kappa shape index (κ2) is 13.5. The van der Waals surface area contributed by atoms with Crippen LogP contribution in [0.3, 0.4) is 0 Å². The first-order valence-corrected chi connectivity index (χ1v) is 11.9. The molecule has 0 fully saturated rings. The largest absolute Gasteiger partial charge is 0.513 e. The number of carbonyl (C=O) groups is 3. The highest BCUT2D eigenvalue weighted by atomic mass is 16.7. The van der Waals surface area contributed by atoms with Gasteiger partial charge < -0.3 is 29.6 Å². The number of anilines is 2. The number of aryl methyl sites for hydroxylation is 1. The van der Waals surface area contributed by atoms with Gasteiger partial charge in [0.1, 0.15) is 5.75 Å². The van der Waals surface area contributed by atoms with E-state index in [2.05, 4.69) is 10.6 Å². The lowest BCUT2D eigenvalue weighted by atomic mass is 10.1. The Hall–Kier alpha value is -4.53. The van der Waals surface area contributed by atoms with Crippen molar-refractivity contribution >= 4 is 29.3 Å². The van der Waals surface area contributed by atoms with Gasteiger partial charge in [-0.05, 0) is 74.4 Å². The SMILES string of the molecule is CCOC(=O)Oc1ccc(C(=O)Nc2ccccc2NC(=O)CCc2ccc(OCC)c(OC)c2)cc1. The summed E-state index contributed by atoms with van der Waals surface area (Å²) < 4.78 is 20.6. The summed E-state index contributed by atoms with van der Waals surface area (Å²) >= 11 is 0. The van der Waals surface area contributed by atoms with E-state index >= 15 is 0 Å². The minimum absolute atomic E-state index is 0.199. The molecule has 0 heterocycles. The zero-order chi connectivity index (χ0) is 26.6. The van der Waals surface area contributed by atoms with E-state index in [1.807, 2.05) is 25.1 Å². The molecule has 2 N–H and O–H groups in total. The number of nitrogens with one attached hydrogen (secondary N) is 2. The summed E-state index contributed by atoms with van der Waals surface area (Å²) in [5, 5.41) is 5.66. The van der Waals surface area contributed by atoms with Gasteiger partial charge in [0.15, 0.2) is 11.5 Å². The average molecular weight is 507 g/mol. The van der Waals surface area contributed by atoms with Crippen molar-refractivity contribution in [2.45, 2.75) is 26.7 Å². The number of para-hydroxylation sites is 2. The second-order valence-electron chi connectivity index (χ2n) is 7.78. The lowest BCUT2D eigenvalue weighted by Crippen LogP contribution is -2.17. The van der Waals surface area contributed by atoms with Gasteiger partial charge in [0.25, 0.3) is 5.91 Å². The summed E-state index contributed by atoms with van der Waals surface area (Å²) in [6.07, 6.45) is -0.0731. The van der Waals surface area contributed by atoms with E-state index in [1.54, 1.807) is 38.3 Å². The summed E-state index contributed by atoms with van der Waals surface area (Å²) in [5.41, 5.74) is 2.22. The van der Waals surface area contributed by atoms with E-state index < -0.39 is 6.16 Å². The molecule has 0 aliphatic rings. The third-order valence-corrected chi connectivity index (χ3v) is 5.20. The topological polar surface area (TPSA) is 112 Å². The van der Waals surface area contributed by atoms with Crippen LogP contribution in [0.2, 0.25) is 0 Å². The van der Waals surface area contributed by atoms with Gasteiger partial charge in [-0.25, -0.2) is 4.79 Å². The molecule has 0 atom stereocenters. The highest BCUT2D eigenvalue weighted by Crippen LogP contribution is 2.29. The standard InChI is InChI=1S/C28H30N2O7/c1-4-35-24-16-10-19(18-25(24)34-3)11-17-26(31)29-22-8-6-7-9-23(22)30-27(32)20-12-14-21(15-13-20)37-28(33)36-5-2/h6-10,12-16,18H,4-5,11,17H2,1-3H3,(H,29,31)(H,30,32). The molecule has 194 valence electrons. The molecule has 9 nitrogen and oxygen atoms in total. The highest BCUT2D eigenvalue weighted by molar-refractivity contribution is 6.07. The van der Waals surface area contributed by atoms with Gasteiger partial charge in [-0.3, -0.25) is 9.59 Å². The first-order valence-electron chi connectivity index (χ1n) is 11.9. The van der Waals surface area contributed by atoms with E-state index in [0.29, 0.717) is 41.5 Å². The molecule has 2 amide bonds. The van der Waals surface area contributed by atoms with Crippen molar-refractivity contribution in [3.05, 3.63) is 77.9 Å². The summed E-state index contributed by atoms with van der Waals surface area (Å²) in [7, 11) is 1.57. The van der Waals surface area contributed by atoms with Crippen LogP contribution in [0, 0.1) is 0 Å². The molecule has 0 radical (unpaired) electrons. The van der Waals surface area contributed by atoms with E-state index in [1.165, 1.54) is 24.3 Å². The van der Waals surface area contributed by atoms with Gasteiger partial charge in [0.2, 0.25) is 5.91 Å². The minimum atomic E-state index is -0.814. The van der Waals surface area contributed by atoms with Crippen molar-refractivity contribution in [1.82, 2.24) is 0 Å². The maximum atomic E-state index is 12.8. The maximum absolute atomic E-state index is 12.8. The fraction of sp³-hybridized carbons (Fsp3) is 0.250. The number of methoxy groups -OCH3 is 1. The Labute approximate surface area is 215 Å². The van der Waals surface area contributed by atoms with Gasteiger partial charge in [0, 0.05) is 12.0 Å². The number of hydrogen-bond acceptors (Lipinski definition) is 7. The van der Waals surface area contributed by atoms with Crippen molar-refractivity contribution in [3.8, 4) is 17.2 Å². The quantitative estimate of drug-likeness (QED) is 0.263. The van der Waals surface area contributed by atoms with Gasteiger partial charge >= 0.3 is 6.16 Å². The fourth-order valence-electron chi connectivity index (χ4n) is 3.43. The molecule has 0 aromatic heterocycles. The Morgan fingerprint density at radius 3 is 2.16 bits per heavy atom. The molecule has 0 bridgehead atoms. The molecular weight excluding hydrogens is 476 g/mol. The molecule has 3 rings (SSSR count). The molecule has 0 spiro atoms. The number of ether oxygens (including phenoxy) is 4. The lowest BCUT2D eigenvalue weighted by molar-refractivity contribution is -0.116. The summed E-state index contributed by atoms with van der Waals surface area (Å²) in [6.45, 7) is 4.31. The van der Waals surface area contributed by atoms with E-state index in [4.69, 9.17) is 18.9 Å². The zero-order valence-corrected chi connectivity index (χ0v) is 21.0. The average Bonchev–Trinajstić information content (AvgIpc) is 2.90. The molecule has 3 aromatic rings. The zero-order valence-electron chi connectivity index (χ0n) is 21.0. The first-order chi connectivity index (χ1) is 17.9. The number of hydrogen-bond donors (Lipinski definition) is 2. The Balaban J connectivity index is 1.59. The van der Waals surface area contributed by atoms with Crippen molar-refractivity contribution in [3.63, 3.8) is 0 Å². The van der Waals surface area contributed by atoms with Crippen molar-refractivity contribution in [2.24, 2.45) is 0 Å². The van der Waals surface area contributed by atoms with Gasteiger partial charge in [-0.1, -0.05) is 18.2 Å². The normalized spacial score (nSPS) is 10.2. The van der Waals surface area contributed by atoms with Crippen LogP contribution in [0.4, 0.5) is 16.2 Å². The highest BCUT2D eigenvalue weighted by Gasteiger charge is 2.13. The third kappa shape index (κ3) is 7.99. The monoisotopic (exact) mass is 506 g/mol. The van der Waals surface area contributed by atoms with Gasteiger partial charge in [-0.15, -0.1) is 0 Å². The Morgan fingerprint density at radius 1 is 0.811 bits per heavy atom. The van der Waals surface area contributed by atoms with Crippen molar-refractivity contribution < 1.29 is 33.3 Å². The van der Waals surface area contributed by atoms with Crippen LogP contribution in [0.25, 0.3) is 0 Å². The smallest absolute Gasteiger partial charge is 0.493 e. The van der Waals surface area contributed by atoms with Crippen LogP contribution in [0.15, 0.2) is 66.7 Å². The van der Waals surface area contributed by atoms with E-state index in [-0.39, 0.29) is 30.6 Å². The molecule has 0 saturated heterocycles. The van der Waals surface area contributed by atoms with Crippen molar-refractivity contribution in [1.29, 1.82) is 0 Å². The molecule has 0 aliphatic carbocycles. The van der Waals surface area contributed by atoms with Crippen LogP contribution < -0.4 is 24.8 Å². The molecule has 0 saturated carbocycles. The third-order valence-electron chi connectivity index (χ3n) is 5.20. The van der Waals surface area contributed by atoms with Crippen LogP contribution in [-0.2, 0) is 16.0 Å². The van der Waals surface area contributed by atoms with Gasteiger partial charge in [-0.2, -0.15) is 0 Å². The minimum Gasteiger partial charge on any atom is -0.493 e. The Morgan fingerprint density at radius 2 is 1.51 bits per heavy atom. The Kier molecular flexibility index (Phi) is 9.90. The van der Waals surface area contributed by atoms with Crippen LogP contribution in [0.5, 0.6) is 17.2 Å². The molecule has 9 heteroatoms. The van der Waals surface area contributed by atoms with E-state index in [9.17, 15) is 14.4 Å². The van der Waals surface area contributed by atoms with Crippen molar-refractivity contribution in [2.75, 3.05) is 31.0 Å². The number of benzene rings is 3. The molecule has 3 aromatic carbocycles. The predicted molar refractivity (Wildman–Crippen MR) is 140 cm³/mol. The fourth-order valence-corrected chi connectivity index (χ4v) is 3.43. The van der Waals surface area contributed by atoms with Crippen LogP contribution >= 0.6 is 0 Å². The molecule has 0 aliphatic heterocycles. The predicted octanol–water partition coefficient (Wildman–Crippen LogP) is 5.45. The van der Waals surface area contributed by atoms with Crippen LogP contribution in [-0.4, -0.2) is 38.3 Å². The van der Waals surface area contributed by atoms with Gasteiger partial charge in [0.05, 0.1) is 31.7 Å². The second-order valence-corrected chi connectivity index (χ2v) is 7.78. The first kappa shape index (κ1) is 27.1. The van der Waals surface area contributed by atoms with E-state index in [0.717, 1.165) is 5.56 Å². The van der Waals surface area contributed by atoms with Crippen LogP contribution in [0.1, 0.15) is 36.2 Å². The number of rotatable bonds is 11. The molecule has 0 unspecified atom stereocenters. The summed E-state index contributed by atoms with van der Waals surface area (Å²) in [6, 6.07) is 18.6. The Bertz CT molecular complexity index is 1230. The molecule has 37 heavy (non-hydrogen) atoms. The molecular formula is C28H30N2O7.